The van der Waals surface area contributed by atoms with E-state index in [4.69, 9.17) is 0 Å². The molecule has 2 aromatic rings. The predicted molar refractivity (Wildman–Crippen MR) is 63.1 cm³/mol. The fraction of sp³-hybridized carbons (Fsp3) is 0.200. The lowest BCUT2D eigenvalue weighted by Gasteiger charge is -2.08. The Bertz CT molecular complexity index is 501. The molecule has 0 atom stereocenters. The highest BCUT2D eigenvalue weighted by Gasteiger charge is 2.10. The maximum Gasteiger partial charge on any atom is 0.168 e. The van der Waals surface area contributed by atoms with Gasteiger partial charge in [0.25, 0.3) is 0 Å². The van der Waals surface area contributed by atoms with Crippen LogP contribution in [-0.2, 0) is 6.54 Å². The highest BCUT2D eigenvalue weighted by Crippen LogP contribution is 2.19. The lowest BCUT2D eigenvalue weighted by molar-refractivity contribution is 0.578. The first-order valence-electron chi connectivity index (χ1n) is 4.85. The van der Waals surface area contributed by atoms with Crippen LogP contribution in [0, 0.1) is 11.6 Å². The molecule has 4 nitrogen and oxygen atoms in total. The molecule has 0 aliphatic carbocycles. The van der Waals surface area contributed by atoms with E-state index < -0.39 is 11.6 Å². The predicted octanol–water partition coefficient (Wildman–Crippen LogP) is 2.47. The van der Waals surface area contributed by atoms with Crippen LogP contribution in [-0.4, -0.2) is 17.0 Å². The summed E-state index contributed by atoms with van der Waals surface area (Å²) in [5.41, 5.74) is 2.47. The Balaban J connectivity index is 2.15. The summed E-state index contributed by atoms with van der Waals surface area (Å²) in [6.45, 7) is 0.349. The third-order valence-corrected chi connectivity index (χ3v) is 2.72. The van der Waals surface area contributed by atoms with Gasteiger partial charge in [0.05, 0.1) is 17.7 Å². The molecule has 0 aliphatic rings. The minimum absolute atomic E-state index is 0.00347. The van der Waals surface area contributed by atoms with Crippen molar-refractivity contribution in [2.75, 3.05) is 17.7 Å². The van der Waals surface area contributed by atoms with Gasteiger partial charge in [-0.05, 0) is 0 Å². The van der Waals surface area contributed by atoms with Crippen molar-refractivity contribution in [3.63, 3.8) is 0 Å². The van der Waals surface area contributed by atoms with Crippen LogP contribution in [0.4, 0.5) is 20.4 Å². The SMILES string of the molecule is CNc1nc(NCc2cscn2)c(F)cc1F. The van der Waals surface area contributed by atoms with Crippen LogP contribution in [0.3, 0.4) is 0 Å². The Hall–Kier alpha value is -1.76. The second-order valence-corrected chi connectivity index (χ2v) is 3.95. The molecule has 0 radical (unpaired) electrons. The normalized spacial score (nSPS) is 10.3. The van der Waals surface area contributed by atoms with Gasteiger partial charge in [0, 0.05) is 18.5 Å². The van der Waals surface area contributed by atoms with Crippen LogP contribution in [0.25, 0.3) is 0 Å². The minimum Gasteiger partial charge on any atom is -0.371 e. The zero-order valence-corrected chi connectivity index (χ0v) is 9.81. The number of halogens is 2. The van der Waals surface area contributed by atoms with Crippen LogP contribution in [0.5, 0.6) is 0 Å². The fourth-order valence-corrected chi connectivity index (χ4v) is 1.82. The van der Waals surface area contributed by atoms with Crippen molar-refractivity contribution in [1.82, 2.24) is 9.97 Å². The van der Waals surface area contributed by atoms with E-state index in [1.54, 1.807) is 5.51 Å². The van der Waals surface area contributed by atoms with Crippen molar-refractivity contribution >= 4 is 23.0 Å². The van der Waals surface area contributed by atoms with E-state index in [0.717, 1.165) is 11.8 Å². The summed E-state index contributed by atoms with van der Waals surface area (Å²) in [6.07, 6.45) is 0. The number of aromatic nitrogens is 2. The highest BCUT2D eigenvalue weighted by atomic mass is 32.1. The molecular formula is C10H10F2N4S. The number of nitrogens with one attached hydrogen (secondary N) is 2. The summed E-state index contributed by atoms with van der Waals surface area (Å²) >= 11 is 1.45. The molecule has 2 N–H and O–H groups in total. The van der Waals surface area contributed by atoms with Crippen LogP contribution >= 0.6 is 11.3 Å². The number of nitrogens with zero attached hydrogens (tertiary/aromatic N) is 2. The van der Waals surface area contributed by atoms with Crippen molar-refractivity contribution in [1.29, 1.82) is 0 Å². The first-order valence-corrected chi connectivity index (χ1v) is 5.79. The van der Waals surface area contributed by atoms with Crippen molar-refractivity contribution in [2.45, 2.75) is 6.54 Å². The second-order valence-electron chi connectivity index (χ2n) is 3.23. The number of rotatable bonds is 4. The molecule has 2 rings (SSSR count). The summed E-state index contributed by atoms with van der Waals surface area (Å²) < 4.78 is 26.5. The van der Waals surface area contributed by atoms with Crippen molar-refractivity contribution in [3.05, 3.63) is 34.3 Å². The lowest BCUT2D eigenvalue weighted by Crippen LogP contribution is -2.07. The van der Waals surface area contributed by atoms with E-state index in [0.29, 0.717) is 6.54 Å². The highest BCUT2D eigenvalue weighted by molar-refractivity contribution is 7.07. The van der Waals surface area contributed by atoms with Gasteiger partial charge in [-0.3, -0.25) is 0 Å². The molecule has 0 fully saturated rings. The molecule has 7 heteroatoms. The molecule has 0 aliphatic heterocycles. The van der Waals surface area contributed by atoms with E-state index in [-0.39, 0.29) is 11.6 Å². The third-order valence-electron chi connectivity index (χ3n) is 2.09. The maximum atomic E-state index is 13.4. The van der Waals surface area contributed by atoms with Crippen molar-refractivity contribution in [2.24, 2.45) is 0 Å². The number of pyridine rings is 1. The van der Waals surface area contributed by atoms with Crippen LogP contribution in [0.2, 0.25) is 0 Å². The summed E-state index contributed by atoms with van der Waals surface area (Å²) in [7, 11) is 1.52. The Morgan fingerprint density at radius 3 is 2.71 bits per heavy atom. The van der Waals surface area contributed by atoms with Gasteiger partial charge < -0.3 is 10.6 Å². The minimum atomic E-state index is -0.725. The largest absolute Gasteiger partial charge is 0.371 e. The van der Waals surface area contributed by atoms with Gasteiger partial charge in [-0.25, -0.2) is 18.7 Å². The van der Waals surface area contributed by atoms with Crippen LogP contribution in [0.1, 0.15) is 5.69 Å². The van der Waals surface area contributed by atoms with E-state index in [1.165, 1.54) is 18.4 Å². The monoisotopic (exact) mass is 256 g/mol. The van der Waals surface area contributed by atoms with E-state index in [9.17, 15) is 8.78 Å². The first-order chi connectivity index (χ1) is 8.20. The molecule has 0 saturated carbocycles. The molecule has 2 aromatic heterocycles. The second kappa shape index (κ2) is 5.05. The molecule has 2 heterocycles. The molecule has 0 bridgehead atoms. The molecule has 90 valence electrons. The van der Waals surface area contributed by atoms with E-state index >= 15 is 0 Å². The summed E-state index contributed by atoms with van der Waals surface area (Å²) in [6, 6.07) is 0.794. The van der Waals surface area contributed by atoms with Crippen LogP contribution < -0.4 is 10.6 Å². The van der Waals surface area contributed by atoms with E-state index in [1.807, 2.05) is 5.38 Å². The van der Waals surface area contributed by atoms with Crippen molar-refractivity contribution < 1.29 is 8.78 Å². The zero-order chi connectivity index (χ0) is 12.3. The average molecular weight is 256 g/mol. The van der Waals surface area contributed by atoms with Gasteiger partial charge >= 0.3 is 0 Å². The lowest BCUT2D eigenvalue weighted by atomic mass is 10.4. The molecule has 0 saturated heterocycles. The number of hydrogen-bond acceptors (Lipinski definition) is 5. The van der Waals surface area contributed by atoms with Gasteiger partial charge in [0.15, 0.2) is 23.3 Å². The Kier molecular flexibility index (Phi) is 3.48. The summed E-state index contributed by atoms with van der Waals surface area (Å²) in [4.78, 5) is 7.83. The van der Waals surface area contributed by atoms with Gasteiger partial charge in [-0.1, -0.05) is 0 Å². The molecule has 0 amide bonds. The number of anilines is 2. The number of hydrogen-bond donors (Lipinski definition) is 2. The van der Waals surface area contributed by atoms with E-state index in [2.05, 4.69) is 20.6 Å². The maximum absolute atomic E-state index is 13.4. The average Bonchev–Trinajstić information content (AvgIpc) is 2.81. The quantitative estimate of drug-likeness (QED) is 0.882. The Labute approximate surface area is 101 Å². The zero-order valence-electron chi connectivity index (χ0n) is 9.00. The molecular weight excluding hydrogens is 246 g/mol. The Morgan fingerprint density at radius 1 is 1.29 bits per heavy atom. The standard InChI is InChI=1S/C10H10F2N4S/c1-13-9-7(11)2-8(12)10(16-9)14-3-6-4-17-5-15-6/h2,4-5H,3H2,1H3,(H2,13,14,16). The molecule has 0 unspecified atom stereocenters. The smallest absolute Gasteiger partial charge is 0.168 e. The number of thiazole rings is 1. The van der Waals surface area contributed by atoms with Gasteiger partial charge in [-0.2, -0.15) is 0 Å². The summed E-state index contributed by atoms with van der Waals surface area (Å²) in [5, 5.41) is 7.16. The molecule has 17 heavy (non-hydrogen) atoms. The van der Waals surface area contributed by atoms with Gasteiger partial charge in [-0.15, -0.1) is 11.3 Å². The molecule has 0 spiro atoms. The summed E-state index contributed by atoms with van der Waals surface area (Å²) in [5.74, 6) is -1.43. The van der Waals surface area contributed by atoms with Gasteiger partial charge in [0.1, 0.15) is 0 Å². The topological polar surface area (TPSA) is 49.8 Å². The Morgan fingerprint density at radius 2 is 2.06 bits per heavy atom. The third kappa shape index (κ3) is 2.68. The first kappa shape index (κ1) is 11.7. The fourth-order valence-electron chi connectivity index (χ4n) is 1.26. The molecule has 0 aromatic carbocycles. The van der Waals surface area contributed by atoms with Crippen molar-refractivity contribution in [3.8, 4) is 0 Å². The van der Waals surface area contributed by atoms with Crippen LogP contribution in [0.15, 0.2) is 17.0 Å². The van der Waals surface area contributed by atoms with Gasteiger partial charge in [0.2, 0.25) is 0 Å².